The maximum Gasteiger partial charge on any atom is 0.227 e. The highest BCUT2D eigenvalue weighted by molar-refractivity contribution is 14.1. The molecule has 1 aliphatic heterocycles. The van der Waals surface area contributed by atoms with E-state index < -0.39 is 0 Å². The first-order chi connectivity index (χ1) is 8.61. The molecule has 1 heterocycles. The summed E-state index contributed by atoms with van der Waals surface area (Å²) in [6.07, 6.45) is 0.461. The first kappa shape index (κ1) is 13.2. The molecule has 0 saturated carbocycles. The highest BCUT2D eigenvalue weighted by atomic mass is 127. The summed E-state index contributed by atoms with van der Waals surface area (Å²) < 4.78 is 1.07. The summed E-state index contributed by atoms with van der Waals surface area (Å²) in [4.78, 5) is 16.5. The van der Waals surface area contributed by atoms with Crippen molar-refractivity contribution in [2.24, 2.45) is 11.0 Å². The van der Waals surface area contributed by atoms with Crippen molar-refractivity contribution in [3.05, 3.63) is 37.8 Å². The second-order valence-electron chi connectivity index (χ2n) is 4.44. The third kappa shape index (κ3) is 2.76. The molecule has 18 heavy (non-hydrogen) atoms. The number of anilines is 1. The van der Waals surface area contributed by atoms with Crippen molar-refractivity contribution in [3.63, 3.8) is 0 Å². The van der Waals surface area contributed by atoms with Gasteiger partial charge in [0.05, 0.1) is 5.69 Å². The van der Waals surface area contributed by atoms with Crippen molar-refractivity contribution in [2.75, 3.05) is 18.0 Å². The highest BCUT2D eigenvalue weighted by Gasteiger charge is 2.30. The van der Waals surface area contributed by atoms with E-state index in [0.29, 0.717) is 19.5 Å². The van der Waals surface area contributed by atoms with Crippen LogP contribution in [0.25, 0.3) is 10.4 Å². The van der Waals surface area contributed by atoms with E-state index in [-0.39, 0.29) is 11.8 Å². The van der Waals surface area contributed by atoms with Crippen LogP contribution in [0.15, 0.2) is 23.3 Å². The second-order valence-corrected chi connectivity index (χ2v) is 5.60. The number of hydrogen-bond acceptors (Lipinski definition) is 2. The molecule has 1 amide bonds. The van der Waals surface area contributed by atoms with E-state index in [1.54, 1.807) is 4.90 Å². The molecule has 0 N–H and O–H groups in total. The summed E-state index contributed by atoms with van der Waals surface area (Å²) in [5.41, 5.74) is 10.4. The van der Waals surface area contributed by atoms with Gasteiger partial charge < -0.3 is 4.90 Å². The minimum atomic E-state index is 0.108. The van der Waals surface area contributed by atoms with Gasteiger partial charge in [-0.05, 0) is 58.7 Å². The van der Waals surface area contributed by atoms with E-state index in [9.17, 15) is 4.79 Å². The number of rotatable bonds is 3. The molecule has 1 atom stereocenters. The Hall–Kier alpha value is -1.27. The number of carbonyl (C=O) groups is 1. The summed E-state index contributed by atoms with van der Waals surface area (Å²) >= 11 is 2.24. The van der Waals surface area contributed by atoms with Crippen molar-refractivity contribution in [1.29, 1.82) is 0 Å². The lowest BCUT2D eigenvalue weighted by molar-refractivity contribution is -0.117. The predicted octanol–water partition coefficient (Wildman–Crippen LogP) is 3.26. The maximum absolute atomic E-state index is 12.0. The normalized spacial score (nSPS) is 18.9. The number of aryl methyl sites for hydroxylation is 1. The largest absolute Gasteiger partial charge is 0.311 e. The summed E-state index contributed by atoms with van der Waals surface area (Å²) in [7, 11) is 0. The van der Waals surface area contributed by atoms with Crippen LogP contribution in [0.4, 0.5) is 5.69 Å². The number of carbonyl (C=O) groups excluding carboxylic acids is 1. The summed E-state index contributed by atoms with van der Waals surface area (Å²) in [6, 6.07) is 6.07. The molecule has 1 unspecified atom stereocenters. The minimum absolute atomic E-state index is 0.108. The number of hydrogen-bond donors (Lipinski definition) is 0. The molecule has 2 rings (SSSR count). The van der Waals surface area contributed by atoms with Crippen LogP contribution in [0.3, 0.4) is 0 Å². The minimum Gasteiger partial charge on any atom is -0.311 e. The molecule has 0 spiro atoms. The van der Waals surface area contributed by atoms with Crippen LogP contribution >= 0.6 is 22.6 Å². The Morgan fingerprint density at radius 3 is 3.11 bits per heavy atom. The lowest BCUT2D eigenvalue weighted by Gasteiger charge is -2.18. The number of amides is 1. The molecule has 5 nitrogen and oxygen atoms in total. The first-order valence-electron chi connectivity index (χ1n) is 5.69. The van der Waals surface area contributed by atoms with E-state index in [2.05, 4.69) is 32.6 Å². The Balaban J connectivity index is 2.21. The van der Waals surface area contributed by atoms with Crippen LogP contribution in [-0.2, 0) is 4.79 Å². The fraction of sp³-hybridized carbons (Fsp3) is 0.417. The average molecular weight is 356 g/mol. The van der Waals surface area contributed by atoms with Crippen molar-refractivity contribution in [3.8, 4) is 0 Å². The van der Waals surface area contributed by atoms with Crippen LogP contribution in [0.2, 0.25) is 0 Å². The molecule has 6 heteroatoms. The Bertz CT molecular complexity index is 525. The predicted molar refractivity (Wildman–Crippen MR) is 78.4 cm³/mol. The van der Waals surface area contributed by atoms with Crippen LogP contribution in [0.5, 0.6) is 0 Å². The SMILES string of the molecule is Cc1ccc(I)c(N2CC(CN=[N+]=[N-])CC2=O)c1. The Labute approximate surface area is 119 Å². The zero-order chi connectivity index (χ0) is 13.1. The van der Waals surface area contributed by atoms with Crippen molar-refractivity contribution >= 4 is 34.2 Å². The van der Waals surface area contributed by atoms with Gasteiger partial charge in [-0.2, -0.15) is 0 Å². The maximum atomic E-state index is 12.0. The van der Waals surface area contributed by atoms with Crippen LogP contribution in [0, 0.1) is 16.4 Å². The van der Waals surface area contributed by atoms with Gasteiger partial charge in [0, 0.05) is 28.0 Å². The monoisotopic (exact) mass is 356 g/mol. The molecule has 94 valence electrons. The molecule has 0 radical (unpaired) electrons. The molecule has 1 fully saturated rings. The van der Waals surface area contributed by atoms with Crippen molar-refractivity contribution in [1.82, 2.24) is 0 Å². The van der Waals surface area contributed by atoms with Gasteiger partial charge >= 0.3 is 0 Å². The third-order valence-corrected chi connectivity index (χ3v) is 3.91. The van der Waals surface area contributed by atoms with Gasteiger partial charge in [0.15, 0.2) is 0 Å². The van der Waals surface area contributed by atoms with E-state index in [4.69, 9.17) is 5.53 Å². The molecular weight excluding hydrogens is 343 g/mol. The number of benzene rings is 1. The van der Waals surface area contributed by atoms with Gasteiger partial charge in [-0.1, -0.05) is 11.2 Å². The molecule has 0 aliphatic carbocycles. The van der Waals surface area contributed by atoms with Gasteiger partial charge in [-0.15, -0.1) is 0 Å². The Morgan fingerprint density at radius 1 is 1.61 bits per heavy atom. The fourth-order valence-corrected chi connectivity index (χ4v) is 2.74. The quantitative estimate of drug-likeness (QED) is 0.355. The number of nitrogens with zero attached hydrogens (tertiary/aromatic N) is 4. The molecule has 1 aromatic rings. The Morgan fingerprint density at radius 2 is 2.39 bits per heavy atom. The fourth-order valence-electron chi connectivity index (χ4n) is 2.12. The van der Waals surface area contributed by atoms with Gasteiger partial charge in [0.2, 0.25) is 5.91 Å². The molecule has 1 aromatic carbocycles. The molecule has 1 saturated heterocycles. The topological polar surface area (TPSA) is 69.1 Å². The van der Waals surface area contributed by atoms with Crippen LogP contribution in [-0.4, -0.2) is 19.0 Å². The zero-order valence-corrected chi connectivity index (χ0v) is 12.2. The molecule has 0 bridgehead atoms. The lowest BCUT2D eigenvalue weighted by atomic mass is 10.1. The lowest BCUT2D eigenvalue weighted by Crippen LogP contribution is -2.25. The van der Waals surface area contributed by atoms with E-state index in [0.717, 1.165) is 14.8 Å². The van der Waals surface area contributed by atoms with E-state index in [1.807, 2.05) is 25.1 Å². The van der Waals surface area contributed by atoms with Gasteiger partial charge in [-0.25, -0.2) is 0 Å². The molecule has 0 aromatic heterocycles. The second kappa shape index (κ2) is 5.58. The van der Waals surface area contributed by atoms with Crippen molar-refractivity contribution < 1.29 is 4.79 Å². The number of halogens is 1. The van der Waals surface area contributed by atoms with E-state index in [1.165, 1.54) is 0 Å². The van der Waals surface area contributed by atoms with Crippen LogP contribution in [0.1, 0.15) is 12.0 Å². The van der Waals surface area contributed by atoms with Gasteiger partial charge in [0.1, 0.15) is 0 Å². The summed E-state index contributed by atoms with van der Waals surface area (Å²) in [6.45, 7) is 3.04. The standard InChI is InChI=1S/C12H13IN4O/c1-8-2-3-10(13)11(4-8)17-7-9(5-12(17)18)6-15-16-14/h2-4,9H,5-7H2,1H3. The highest BCUT2D eigenvalue weighted by Crippen LogP contribution is 2.30. The van der Waals surface area contributed by atoms with Crippen LogP contribution < -0.4 is 4.90 Å². The van der Waals surface area contributed by atoms with Gasteiger partial charge in [-0.3, -0.25) is 4.79 Å². The van der Waals surface area contributed by atoms with Gasteiger partial charge in [0.25, 0.3) is 0 Å². The molecular formula is C12H13IN4O. The first-order valence-corrected chi connectivity index (χ1v) is 6.77. The third-order valence-electron chi connectivity index (χ3n) is 3.00. The summed E-state index contributed by atoms with van der Waals surface area (Å²) in [5, 5.41) is 3.56. The smallest absolute Gasteiger partial charge is 0.227 e. The van der Waals surface area contributed by atoms with E-state index >= 15 is 0 Å². The molecule has 1 aliphatic rings. The zero-order valence-electron chi connectivity index (χ0n) is 10.0. The number of azide groups is 1. The Kier molecular flexibility index (Phi) is 4.08. The summed E-state index contributed by atoms with van der Waals surface area (Å²) in [5.74, 6) is 0.237. The average Bonchev–Trinajstić information content (AvgIpc) is 2.71. The van der Waals surface area contributed by atoms with Crippen molar-refractivity contribution in [2.45, 2.75) is 13.3 Å².